The number of rotatable bonds is 6. The maximum atomic E-state index is 12.8. The summed E-state index contributed by atoms with van der Waals surface area (Å²) in [6.45, 7) is 9.18. The van der Waals surface area contributed by atoms with Crippen molar-refractivity contribution in [3.63, 3.8) is 0 Å². The topological polar surface area (TPSA) is 62.7 Å². The molecule has 2 aromatic rings. The number of carbonyl (C=O) groups excluding carboxylic acids is 2. The molecule has 0 bridgehead atoms. The van der Waals surface area contributed by atoms with Crippen molar-refractivity contribution in [2.24, 2.45) is 0 Å². The number of ketones is 1. The Hall–Kier alpha value is -2.96. The smallest absolute Gasteiger partial charge is 0.331 e. The summed E-state index contributed by atoms with van der Waals surface area (Å²) in [5.74, 6) is -0.582. The Morgan fingerprint density at radius 2 is 1.64 bits per heavy atom. The maximum Gasteiger partial charge on any atom is 0.331 e. The molecule has 2 heterocycles. The molecule has 7 heteroatoms. The zero-order chi connectivity index (χ0) is 24.0. The van der Waals surface area contributed by atoms with Crippen molar-refractivity contribution in [1.29, 1.82) is 0 Å². The standard InChI is InChI=1S/C26H30ClN3O3/c1-26(2,3)33-25(32)11-9-22-7-5-6-21(28-22)8-10-24(31)19-16-20(27)18-23(17-19)30-14-12-29(4)13-15-30/h5-11,16-18H,12-15H2,1-4H3. The number of hydrogen-bond acceptors (Lipinski definition) is 6. The number of aromatic nitrogens is 1. The first kappa shape index (κ1) is 24.7. The molecule has 0 aliphatic carbocycles. The average molecular weight is 468 g/mol. The molecule has 0 amide bonds. The van der Waals surface area contributed by atoms with Crippen molar-refractivity contribution in [1.82, 2.24) is 9.88 Å². The highest BCUT2D eigenvalue weighted by atomic mass is 35.5. The molecular weight excluding hydrogens is 438 g/mol. The van der Waals surface area contributed by atoms with E-state index >= 15 is 0 Å². The van der Waals surface area contributed by atoms with Gasteiger partial charge in [0.15, 0.2) is 5.78 Å². The summed E-state index contributed by atoms with van der Waals surface area (Å²) in [5.41, 5.74) is 2.14. The monoisotopic (exact) mass is 467 g/mol. The van der Waals surface area contributed by atoms with Crippen LogP contribution in [0.25, 0.3) is 12.2 Å². The van der Waals surface area contributed by atoms with Crippen LogP contribution in [0.5, 0.6) is 0 Å². The lowest BCUT2D eigenvalue weighted by atomic mass is 10.1. The van der Waals surface area contributed by atoms with E-state index in [0.29, 0.717) is 22.0 Å². The van der Waals surface area contributed by atoms with E-state index in [9.17, 15) is 9.59 Å². The third-order valence-electron chi connectivity index (χ3n) is 5.03. The van der Waals surface area contributed by atoms with Gasteiger partial charge in [-0.15, -0.1) is 0 Å². The van der Waals surface area contributed by atoms with Crippen molar-refractivity contribution >= 4 is 41.2 Å². The van der Waals surface area contributed by atoms with Crippen LogP contribution in [0.15, 0.2) is 48.6 Å². The zero-order valence-electron chi connectivity index (χ0n) is 19.5. The number of anilines is 1. The van der Waals surface area contributed by atoms with Gasteiger partial charge in [-0.2, -0.15) is 0 Å². The van der Waals surface area contributed by atoms with Gasteiger partial charge < -0.3 is 14.5 Å². The van der Waals surface area contributed by atoms with E-state index in [1.165, 1.54) is 12.2 Å². The van der Waals surface area contributed by atoms with Crippen LogP contribution < -0.4 is 4.90 Å². The van der Waals surface area contributed by atoms with Gasteiger partial charge in [0.1, 0.15) is 5.60 Å². The molecule has 0 radical (unpaired) electrons. The Bertz CT molecular complexity index is 1060. The van der Waals surface area contributed by atoms with Crippen molar-refractivity contribution < 1.29 is 14.3 Å². The van der Waals surface area contributed by atoms with Gasteiger partial charge in [-0.3, -0.25) is 4.79 Å². The van der Waals surface area contributed by atoms with Crippen LogP contribution in [0.4, 0.5) is 5.69 Å². The third kappa shape index (κ3) is 7.84. The molecule has 6 nitrogen and oxygen atoms in total. The second-order valence-electron chi connectivity index (χ2n) is 9.04. The number of pyridine rings is 1. The van der Waals surface area contributed by atoms with Crippen molar-refractivity contribution in [3.05, 3.63) is 70.5 Å². The Labute approximate surface area is 200 Å². The first-order valence-corrected chi connectivity index (χ1v) is 11.3. The summed E-state index contributed by atoms with van der Waals surface area (Å²) in [7, 11) is 2.10. The molecule has 3 rings (SSSR count). The summed E-state index contributed by atoms with van der Waals surface area (Å²) in [5, 5.41) is 0.538. The van der Waals surface area contributed by atoms with Gasteiger partial charge in [0.25, 0.3) is 0 Å². The molecule has 0 saturated carbocycles. The Balaban J connectivity index is 1.69. The number of piperazine rings is 1. The highest BCUT2D eigenvalue weighted by molar-refractivity contribution is 6.31. The molecule has 0 spiro atoms. The van der Waals surface area contributed by atoms with Gasteiger partial charge in [-0.1, -0.05) is 17.7 Å². The quantitative estimate of drug-likeness (QED) is 0.347. The van der Waals surface area contributed by atoms with Crippen molar-refractivity contribution in [3.8, 4) is 0 Å². The molecule has 1 aliphatic rings. The summed E-state index contributed by atoms with van der Waals surface area (Å²) < 4.78 is 5.26. The molecule has 1 saturated heterocycles. The minimum absolute atomic E-state index is 0.149. The van der Waals surface area contributed by atoms with Crippen LogP contribution in [-0.2, 0) is 9.53 Å². The van der Waals surface area contributed by atoms with Gasteiger partial charge in [-0.05, 0) is 76.4 Å². The lowest BCUT2D eigenvalue weighted by Gasteiger charge is -2.34. The predicted octanol–water partition coefficient (Wildman–Crippen LogP) is 4.74. The SMILES string of the molecule is CN1CCN(c2cc(Cl)cc(C(=O)C=Cc3cccc(C=CC(=O)OC(C)(C)C)n3)c2)CC1. The molecule has 1 aliphatic heterocycles. The van der Waals surface area contributed by atoms with Gasteiger partial charge in [0.05, 0.1) is 11.4 Å². The number of halogens is 1. The molecule has 0 N–H and O–H groups in total. The lowest BCUT2D eigenvalue weighted by molar-refractivity contribution is -0.148. The number of benzene rings is 1. The van der Waals surface area contributed by atoms with Gasteiger partial charge >= 0.3 is 5.97 Å². The normalized spacial score (nSPS) is 15.4. The Morgan fingerprint density at radius 3 is 2.27 bits per heavy atom. The van der Waals surface area contributed by atoms with Crippen molar-refractivity contribution in [2.45, 2.75) is 26.4 Å². The second kappa shape index (κ2) is 10.8. The van der Waals surface area contributed by atoms with Gasteiger partial charge in [0.2, 0.25) is 0 Å². The molecule has 0 atom stereocenters. The highest BCUT2D eigenvalue weighted by Crippen LogP contribution is 2.24. The van der Waals surface area contributed by atoms with Gasteiger partial charge in [-0.25, -0.2) is 9.78 Å². The third-order valence-corrected chi connectivity index (χ3v) is 5.25. The largest absolute Gasteiger partial charge is 0.457 e. The van der Waals surface area contributed by atoms with E-state index in [-0.39, 0.29) is 5.78 Å². The molecule has 0 unspecified atom stereocenters. The number of esters is 1. The van der Waals surface area contributed by atoms with E-state index in [4.69, 9.17) is 16.3 Å². The maximum absolute atomic E-state index is 12.8. The summed E-state index contributed by atoms with van der Waals surface area (Å²) in [6.07, 6.45) is 6.08. The van der Waals surface area contributed by atoms with Crippen LogP contribution in [0.1, 0.15) is 42.5 Å². The van der Waals surface area contributed by atoms with Crippen LogP contribution >= 0.6 is 11.6 Å². The minimum atomic E-state index is -0.551. The number of ether oxygens (including phenoxy) is 1. The van der Waals surface area contributed by atoms with E-state index in [1.54, 1.807) is 30.4 Å². The van der Waals surface area contributed by atoms with Gasteiger partial charge in [0, 0.05) is 48.5 Å². The number of nitrogens with zero attached hydrogens (tertiary/aromatic N) is 3. The minimum Gasteiger partial charge on any atom is -0.457 e. The molecule has 33 heavy (non-hydrogen) atoms. The Morgan fingerprint density at radius 1 is 1.00 bits per heavy atom. The molecule has 1 aromatic carbocycles. The number of allylic oxidation sites excluding steroid dienone is 1. The first-order valence-electron chi connectivity index (χ1n) is 10.9. The summed E-state index contributed by atoms with van der Waals surface area (Å²) >= 11 is 6.31. The molecular formula is C26H30ClN3O3. The number of carbonyl (C=O) groups is 2. The molecule has 174 valence electrons. The van der Waals surface area contributed by atoms with Crippen LogP contribution in [0.3, 0.4) is 0 Å². The number of likely N-dealkylation sites (N-methyl/N-ethyl adjacent to an activating group) is 1. The van der Waals surface area contributed by atoms with Crippen LogP contribution in [0.2, 0.25) is 5.02 Å². The second-order valence-corrected chi connectivity index (χ2v) is 9.48. The van der Waals surface area contributed by atoms with E-state index < -0.39 is 11.6 Å². The first-order chi connectivity index (χ1) is 15.6. The Kier molecular flexibility index (Phi) is 8.06. The average Bonchev–Trinajstić information content (AvgIpc) is 2.75. The molecule has 1 aromatic heterocycles. The fourth-order valence-corrected chi connectivity index (χ4v) is 3.59. The zero-order valence-corrected chi connectivity index (χ0v) is 20.3. The fourth-order valence-electron chi connectivity index (χ4n) is 3.36. The number of hydrogen-bond donors (Lipinski definition) is 0. The lowest BCUT2D eigenvalue weighted by Crippen LogP contribution is -2.44. The van der Waals surface area contributed by atoms with E-state index in [2.05, 4.69) is 21.8 Å². The molecule has 1 fully saturated rings. The van der Waals surface area contributed by atoms with E-state index in [0.717, 1.165) is 31.9 Å². The van der Waals surface area contributed by atoms with E-state index in [1.807, 2.05) is 39.0 Å². The summed E-state index contributed by atoms with van der Waals surface area (Å²) in [4.78, 5) is 33.6. The van der Waals surface area contributed by atoms with Crippen LogP contribution in [-0.4, -0.2) is 60.5 Å². The van der Waals surface area contributed by atoms with Crippen molar-refractivity contribution in [2.75, 3.05) is 38.1 Å². The van der Waals surface area contributed by atoms with Crippen LogP contribution in [0, 0.1) is 0 Å². The highest BCUT2D eigenvalue weighted by Gasteiger charge is 2.16. The fraction of sp³-hybridized carbons (Fsp3) is 0.346. The summed E-state index contributed by atoms with van der Waals surface area (Å²) in [6, 6.07) is 10.9. The predicted molar refractivity (Wildman–Crippen MR) is 134 cm³/mol.